The van der Waals surface area contributed by atoms with Gasteiger partial charge in [-0.05, 0) is 40.1 Å². The van der Waals surface area contributed by atoms with E-state index in [1.807, 2.05) is 30.7 Å². The molecule has 1 aromatic rings. The van der Waals surface area contributed by atoms with E-state index >= 15 is 0 Å². The fourth-order valence-corrected chi connectivity index (χ4v) is 3.52. The summed E-state index contributed by atoms with van der Waals surface area (Å²) in [5.74, 6) is -0.176. The monoisotopic (exact) mass is 338 g/mol. The minimum Gasteiger partial charge on any atom is -0.321 e. The van der Waals surface area contributed by atoms with Gasteiger partial charge in [0, 0.05) is 12.3 Å². The molecule has 8 heteroatoms. The van der Waals surface area contributed by atoms with Crippen molar-refractivity contribution >= 4 is 29.0 Å². The number of nitrogens with zero attached hydrogens (tertiary/aromatic N) is 1. The van der Waals surface area contributed by atoms with Crippen molar-refractivity contribution < 1.29 is 18.0 Å². The number of nitrogens with one attached hydrogen (secondary N) is 1. The zero-order valence-electron chi connectivity index (χ0n) is 11.7. The largest absolute Gasteiger partial charge is 0.441 e. The first-order valence-corrected chi connectivity index (χ1v) is 8.52. The Bertz CT molecular complexity index is 476. The van der Waals surface area contributed by atoms with Gasteiger partial charge in [-0.25, -0.2) is 0 Å². The predicted octanol–water partition coefficient (Wildman–Crippen LogP) is 3.46. The van der Waals surface area contributed by atoms with Crippen molar-refractivity contribution in [1.82, 2.24) is 10.2 Å². The van der Waals surface area contributed by atoms with Gasteiger partial charge in [0.2, 0.25) is 5.91 Å². The number of hydrogen-bond donors (Lipinski definition) is 1. The smallest absolute Gasteiger partial charge is 0.321 e. The van der Waals surface area contributed by atoms with Crippen molar-refractivity contribution in [3.63, 3.8) is 0 Å². The predicted molar refractivity (Wildman–Crippen MR) is 79.0 cm³/mol. The summed E-state index contributed by atoms with van der Waals surface area (Å²) in [6.07, 6.45) is -0.329. The SMILES string of the molecule is CC(C)C1NC(c2ccsc2)N(CCSC(F)(F)F)C1=O. The number of amides is 1. The van der Waals surface area contributed by atoms with Crippen LogP contribution in [0.4, 0.5) is 13.2 Å². The van der Waals surface area contributed by atoms with Gasteiger partial charge in [-0.2, -0.15) is 24.5 Å². The van der Waals surface area contributed by atoms with E-state index in [0.29, 0.717) is 0 Å². The number of hydrogen-bond acceptors (Lipinski definition) is 4. The van der Waals surface area contributed by atoms with Crippen LogP contribution >= 0.6 is 23.1 Å². The number of halogens is 3. The Kier molecular flexibility index (Phi) is 5.21. The topological polar surface area (TPSA) is 32.3 Å². The van der Waals surface area contributed by atoms with Crippen LogP contribution in [-0.2, 0) is 4.79 Å². The molecule has 118 valence electrons. The van der Waals surface area contributed by atoms with Crippen LogP contribution in [0.3, 0.4) is 0 Å². The molecule has 1 N–H and O–H groups in total. The second-order valence-electron chi connectivity index (χ2n) is 5.17. The van der Waals surface area contributed by atoms with Gasteiger partial charge in [0.1, 0.15) is 6.17 Å². The summed E-state index contributed by atoms with van der Waals surface area (Å²) in [7, 11) is 0. The lowest BCUT2D eigenvalue weighted by atomic mass is 10.1. The van der Waals surface area contributed by atoms with Gasteiger partial charge in [-0.1, -0.05) is 13.8 Å². The Morgan fingerprint density at radius 3 is 2.71 bits per heavy atom. The van der Waals surface area contributed by atoms with E-state index in [-0.39, 0.29) is 48.1 Å². The van der Waals surface area contributed by atoms with E-state index in [1.54, 1.807) is 0 Å². The van der Waals surface area contributed by atoms with Gasteiger partial charge in [0.25, 0.3) is 0 Å². The molecule has 1 aromatic heterocycles. The van der Waals surface area contributed by atoms with Crippen LogP contribution in [0.2, 0.25) is 0 Å². The van der Waals surface area contributed by atoms with E-state index in [2.05, 4.69) is 5.32 Å². The molecule has 3 nitrogen and oxygen atoms in total. The van der Waals surface area contributed by atoms with E-state index in [9.17, 15) is 18.0 Å². The summed E-state index contributed by atoms with van der Waals surface area (Å²) in [6.45, 7) is 3.93. The highest BCUT2D eigenvalue weighted by atomic mass is 32.2. The zero-order chi connectivity index (χ0) is 15.6. The summed E-state index contributed by atoms with van der Waals surface area (Å²) >= 11 is 1.42. The average Bonchev–Trinajstić information content (AvgIpc) is 2.96. The number of carbonyl (C=O) groups excluding carboxylic acids is 1. The Labute approximate surface area is 129 Å². The van der Waals surface area contributed by atoms with E-state index in [1.165, 1.54) is 16.2 Å². The van der Waals surface area contributed by atoms with E-state index in [4.69, 9.17) is 0 Å². The maximum atomic E-state index is 12.4. The number of carbonyl (C=O) groups is 1. The Morgan fingerprint density at radius 1 is 1.48 bits per heavy atom. The van der Waals surface area contributed by atoms with Gasteiger partial charge in [0.15, 0.2) is 0 Å². The quantitative estimate of drug-likeness (QED) is 0.892. The molecule has 1 aliphatic heterocycles. The second-order valence-corrected chi connectivity index (χ2v) is 7.11. The van der Waals surface area contributed by atoms with E-state index < -0.39 is 5.51 Å². The van der Waals surface area contributed by atoms with Crippen molar-refractivity contribution in [3.8, 4) is 0 Å². The molecule has 0 radical (unpaired) electrons. The van der Waals surface area contributed by atoms with Crippen molar-refractivity contribution in [2.75, 3.05) is 12.3 Å². The first-order valence-electron chi connectivity index (χ1n) is 6.59. The molecular weight excluding hydrogens is 321 g/mol. The van der Waals surface area contributed by atoms with Crippen molar-refractivity contribution in [1.29, 1.82) is 0 Å². The number of rotatable bonds is 5. The third kappa shape index (κ3) is 4.14. The maximum absolute atomic E-state index is 12.4. The third-order valence-electron chi connectivity index (χ3n) is 3.32. The van der Waals surface area contributed by atoms with Crippen molar-refractivity contribution in [2.24, 2.45) is 5.92 Å². The molecule has 0 aromatic carbocycles. The summed E-state index contributed by atoms with van der Waals surface area (Å²) in [5, 5.41) is 7.04. The second kappa shape index (κ2) is 6.58. The Hall–Kier alpha value is -0.730. The molecule has 2 unspecified atom stereocenters. The summed E-state index contributed by atoms with van der Waals surface area (Å²) < 4.78 is 36.7. The summed E-state index contributed by atoms with van der Waals surface area (Å²) in [6, 6.07) is 1.55. The van der Waals surface area contributed by atoms with Crippen LogP contribution in [0.1, 0.15) is 25.6 Å². The van der Waals surface area contributed by atoms with Crippen LogP contribution in [0.15, 0.2) is 16.8 Å². The first-order chi connectivity index (χ1) is 9.79. The highest BCUT2D eigenvalue weighted by molar-refractivity contribution is 8.00. The molecule has 2 atom stereocenters. The minimum atomic E-state index is -4.26. The molecule has 0 spiro atoms. The van der Waals surface area contributed by atoms with Crippen LogP contribution in [-0.4, -0.2) is 34.7 Å². The summed E-state index contributed by atoms with van der Waals surface area (Å²) in [5.41, 5.74) is -3.33. The third-order valence-corrected chi connectivity index (χ3v) is 4.74. The van der Waals surface area contributed by atoms with Crippen LogP contribution < -0.4 is 5.32 Å². The Morgan fingerprint density at radius 2 is 2.19 bits per heavy atom. The molecule has 1 aliphatic rings. The van der Waals surface area contributed by atoms with Crippen molar-refractivity contribution in [2.45, 2.75) is 31.6 Å². The molecular formula is C13H17F3N2OS2. The molecule has 1 saturated heterocycles. The molecule has 0 saturated carbocycles. The highest BCUT2D eigenvalue weighted by Crippen LogP contribution is 2.33. The first kappa shape index (κ1) is 16.6. The fraction of sp³-hybridized carbons (Fsp3) is 0.615. The fourth-order valence-electron chi connectivity index (χ4n) is 2.32. The van der Waals surface area contributed by atoms with E-state index in [0.717, 1.165) is 5.56 Å². The molecule has 2 rings (SSSR count). The lowest BCUT2D eigenvalue weighted by Crippen LogP contribution is -2.35. The minimum absolute atomic E-state index is 0.0831. The molecule has 2 heterocycles. The molecule has 1 amide bonds. The van der Waals surface area contributed by atoms with Gasteiger partial charge < -0.3 is 4.90 Å². The summed E-state index contributed by atoms with van der Waals surface area (Å²) in [4.78, 5) is 13.9. The number of thiophene rings is 1. The lowest BCUT2D eigenvalue weighted by molar-refractivity contribution is -0.130. The number of alkyl halides is 3. The molecule has 1 fully saturated rings. The van der Waals surface area contributed by atoms with Gasteiger partial charge in [-0.3, -0.25) is 10.1 Å². The van der Waals surface area contributed by atoms with Crippen LogP contribution in [0, 0.1) is 5.92 Å². The van der Waals surface area contributed by atoms with Gasteiger partial charge in [0.05, 0.1) is 6.04 Å². The Balaban J connectivity index is 2.08. The lowest BCUT2D eigenvalue weighted by Gasteiger charge is -2.23. The van der Waals surface area contributed by atoms with Crippen LogP contribution in [0.5, 0.6) is 0 Å². The number of thioether (sulfide) groups is 1. The van der Waals surface area contributed by atoms with Gasteiger partial charge in [-0.15, -0.1) is 0 Å². The van der Waals surface area contributed by atoms with Crippen LogP contribution in [0.25, 0.3) is 0 Å². The maximum Gasteiger partial charge on any atom is 0.441 e. The average molecular weight is 338 g/mol. The van der Waals surface area contributed by atoms with Crippen molar-refractivity contribution in [3.05, 3.63) is 22.4 Å². The zero-order valence-corrected chi connectivity index (χ0v) is 13.3. The van der Waals surface area contributed by atoms with Gasteiger partial charge >= 0.3 is 5.51 Å². The molecule has 21 heavy (non-hydrogen) atoms. The molecule has 0 bridgehead atoms. The molecule has 0 aliphatic carbocycles. The normalized spacial score (nSPS) is 23.3. The standard InChI is InChI=1S/C13H17F3N2OS2/c1-8(2)10-12(19)18(4-6-21-13(14,15)16)11(17-10)9-3-5-20-7-9/h3,5,7-8,10-11,17H,4,6H2,1-2H3. The highest BCUT2D eigenvalue weighted by Gasteiger charge is 2.41.